The lowest BCUT2D eigenvalue weighted by molar-refractivity contribution is 0.335. The number of nitrogens with one attached hydrogen (secondary N) is 2. The zero-order valence-corrected chi connectivity index (χ0v) is 13.9. The molecule has 0 aromatic carbocycles. The predicted molar refractivity (Wildman–Crippen MR) is 82.6 cm³/mol. The van der Waals surface area contributed by atoms with Crippen molar-refractivity contribution in [1.29, 1.82) is 0 Å². The first-order valence-corrected chi connectivity index (χ1v) is 9.15. The van der Waals surface area contributed by atoms with Crippen molar-refractivity contribution in [3.8, 4) is 0 Å². The summed E-state index contributed by atoms with van der Waals surface area (Å²) >= 11 is 0. The molecular weight excluding hydrogens is 288 g/mol. The Kier molecular flexibility index (Phi) is 5.40. The SMILES string of the molecule is CCc1ncc(S(=O)(=O)N(CC(C)C)CC2CCCN2)[nH]1. The van der Waals surface area contributed by atoms with Crippen LogP contribution >= 0.6 is 0 Å². The number of sulfonamides is 1. The van der Waals surface area contributed by atoms with Gasteiger partial charge in [0.25, 0.3) is 10.0 Å². The molecule has 0 spiro atoms. The molecule has 2 heterocycles. The fourth-order valence-corrected chi connectivity index (χ4v) is 4.21. The zero-order chi connectivity index (χ0) is 15.5. The quantitative estimate of drug-likeness (QED) is 0.797. The van der Waals surface area contributed by atoms with Gasteiger partial charge in [0.2, 0.25) is 0 Å². The Labute approximate surface area is 127 Å². The molecule has 2 N–H and O–H groups in total. The second-order valence-electron chi connectivity index (χ2n) is 6.06. The maximum atomic E-state index is 12.8. The van der Waals surface area contributed by atoms with Gasteiger partial charge in [-0.3, -0.25) is 0 Å². The molecule has 0 radical (unpaired) electrons. The standard InChI is InChI=1S/C14H26N4O2S/c1-4-13-16-8-14(17-13)21(19,20)18(9-11(2)3)10-12-6-5-7-15-12/h8,11-12,15H,4-7,9-10H2,1-3H3,(H,16,17). The monoisotopic (exact) mass is 314 g/mol. The van der Waals surface area contributed by atoms with Gasteiger partial charge in [-0.15, -0.1) is 0 Å². The summed E-state index contributed by atoms with van der Waals surface area (Å²) in [5.41, 5.74) is 0. The highest BCUT2D eigenvalue weighted by atomic mass is 32.2. The van der Waals surface area contributed by atoms with Gasteiger partial charge in [-0.05, 0) is 25.3 Å². The Balaban J connectivity index is 2.20. The van der Waals surface area contributed by atoms with Crippen molar-refractivity contribution < 1.29 is 8.42 Å². The van der Waals surface area contributed by atoms with Crippen molar-refractivity contribution in [2.45, 2.75) is 51.1 Å². The number of nitrogens with zero attached hydrogens (tertiary/aromatic N) is 2. The van der Waals surface area contributed by atoms with Gasteiger partial charge < -0.3 is 10.3 Å². The summed E-state index contributed by atoms with van der Waals surface area (Å²) in [5, 5.41) is 3.57. The first-order chi connectivity index (χ1) is 9.93. The van der Waals surface area contributed by atoms with Crippen LogP contribution in [0.5, 0.6) is 0 Å². The summed E-state index contributed by atoms with van der Waals surface area (Å²) in [6.45, 7) is 8.06. The molecule has 6 nitrogen and oxygen atoms in total. The van der Waals surface area contributed by atoms with Crippen molar-refractivity contribution in [3.63, 3.8) is 0 Å². The van der Waals surface area contributed by atoms with E-state index >= 15 is 0 Å². The molecule has 2 rings (SSSR count). The van der Waals surface area contributed by atoms with Crippen molar-refractivity contribution in [1.82, 2.24) is 19.6 Å². The molecular formula is C14H26N4O2S. The predicted octanol–water partition coefficient (Wildman–Crippen LogP) is 1.37. The highest BCUT2D eigenvalue weighted by Gasteiger charge is 2.30. The Bertz CT molecular complexity index is 547. The third-order valence-corrected chi connectivity index (χ3v) is 5.45. The van der Waals surface area contributed by atoms with Crippen LogP contribution in [0.2, 0.25) is 0 Å². The highest BCUT2D eigenvalue weighted by Crippen LogP contribution is 2.18. The third kappa shape index (κ3) is 4.05. The van der Waals surface area contributed by atoms with Crippen molar-refractivity contribution in [2.75, 3.05) is 19.6 Å². The summed E-state index contributed by atoms with van der Waals surface area (Å²) in [5.74, 6) is 0.992. The molecule has 0 saturated carbocycles. The molecule has 0 amide bonds. The molecule has 0 bridgehead atoms. The van der Waals surface area contributed by atoms with E-state index in [4.69, 9.17) is 0 Å². The highest BCUT2D eigenvalue weighted by molar-refractivity contribution is 7.89. The van der Waals surface area contributed by atoms with Crippen LogP contribution in [0.15, 0.2) is 11.2 Å². The van der Waals surface area contributed by atoms with Crippen LogP contribution < -0.4 is 5.32 Å². The number of aryl methyl sites for hydroxylation is 1. The van der Waals surface area contributed by atoms with E-state index in [1.165, 1.54) is 6.20 Å². The second-order valence-corrected chi connectivity index (χ2v) is 7.96. The van der Waals surface area contributed by atoms with E-state index < -0.39 is 10.0 Å². The van der Waals surface area contributed by atoms with Crippen LogP contribution in [0.25, 0.3) is 0 Å². The lowest BCUT2D eigenvalue weighted by atomic mass is 10.2. The molecule has 1 saturated heterocycles. The minimum Gasteiger partial charge on any atom is -0.332 e. The lowest BCUT2D eigenvalue weighted by Crippen LogP contribution is -2.42. The summed E-state index contributed by atoms with van der Waals surface area (Å²) in [6.07, 6.45) is 4.28. The number of aromatic amines is 1. The first-order valence-electron chi connectivity index (χ1n) is 7.71. The normalized spacial score (nSPS) is 19.8. The van der Waals surface area contributed by atoms with Crippen LogP contribution in [0.1, 0.15) is 39.4 Å². The molecule has 1 unspecified atom stereocenters. The zero-order valence-electron chi connectivity index (χ0n) is 13.1. The molecule has 1 aliphatic rings. The minimum absolute atomic E-state index is 0.206. The van der Waals surface area contributed by atoms with Crippen molar-refractivity contribution >= 4 is 10.0 Å². The van der Waals surface area contributed by atoms with Crippen LogP contribution in [0.3, 0.4) is 0 Å². The van der Waals surface area contributed by atoms with Gasteiger partial charge in [0.15, 0.2) is 5.03 Å². The van der Waals surface area contributed by atoms with Crippen LogP contribution in [-0.2, 0) is 16.4 Å². The smallest absolute Gasteiger partial charge is 0.260 e. The van der Waals surface area contributed by atoms with Crippen molar-refractivity contribution in [2.24, 2.45) is 5.92 Å². The van der Waals surface area contributed by atoms with Crippen LogP contribution in [0.4, 0.5) is 0 Å². The number of aromatic nitrogens is 2. The van der Waals surface area contributed by atoms with E-state index in [-0.39, 0.29) is 17.0 Å². The first kappa shape index (κ1) is 16.5. The third-order valence-electron chi connectivity index (χ3n) is 3.71. The molecule has 1 fully saturated rings. The van der Waals surface area contributed by atoms with Gasteiger partial charge >= 0.3 is 0 Å². The van der Waals surface area contributed by atoms with E-state index in [1.54, 1.807) is 4.31 Å². The molecule has 1 aliphatic heterocycles. The number of hydrogen-bond donors (Lipinski definition) is 2. The maximum absolute atomic E-state index is 12.8. The topological polar surface area (TPSA) is 78.1 Å². The maximum Gasteiger partial charge on any atom is 0.260 e. The second kappa shape index (κ2) is 6.89. The number of hydrogen-bond acceptors (Lipinski definition) is 4. The molecule has 21 heavy (non-hydrogen) atoms. The van der Waals surface area contributed by atoms with E-state index in [9.17, 15) is 8.42 Å². The largest absolute Gasteiger partial charge is 0.332 e. The number of H-pyrrole nitrogens is 1. The summed E-state index contributed by atoms with van der Waals surface area (Å²) in [7, 11) is -3.50. The van der Waals surface area contributed by atoms with Crippen LogP contribution in [0, 0.1) is 5.92 Å². The van der Waals surface area contributed by atoms with Gasteiger partial charge in [0.05, 0.1) is 6.20 Å². The molecule has 0 aliphatic carbocycles. The molecule has 1 aromatic heterocycles. The average molecular weight is 314 g/mol. The van der Waals surface area contributed by atoms with E-state index in [0.29, 0.717) is 25.3 Å². The molecule has 120 valence electrons. The molecule has 1 aromatic rings. The Morgan fingerprint density at radius 1 is 1.48 bits per heavy atom. The summed E-state index contributed by atoms with van der Waals surface area (Å²) < 4.78 is 27.2. The Morgan fingerprint density at radius 2 is 2.24 bits per heavy atom. The average Bonchev–Trinajstić information content (AvgIpc) is 3.08. The van der Waals surface area contributed by atoms with E-state index in [2.05, 4.69) is 15.3 Å². The van der Waals surface area contributed by atoms with Gasteiger partial charge in [-0.25, -0.2) is 13.4 Å². The summed E-state index contributed by atoms with van der Waals surface area (Å²) in [6, 6.07) is 0.257. The Hall–Kier alpha value is -0.920. The lowest BCUT2D eigenvalue weighted by Gasteiger charge is -2.26. The van der Waals surface area contributed by atoms with Crippen LogP contribution in [-0.4, -0.2) is 48.4 Å². The number of imidazole rings is 1. The summed E-state index contributed by atoms with van der Waals surface area (Å²) in [4.78, 5) is 7.04. The Morgan fingerprint density at radius 3 is 2.76 bits per heavy atom. The fraction of sp³-hybridized carbons (Fsp3) is 0.786. The molecule has 1 atom stereocenters. The van der Waals surface area contributed by atoms with Gasteiger partial charge in [-0.2, -0.15) is 4.31 Å². The minimum atomic E-state index is -3.50. The van der Waals surface area contributed by atoms with E-state index in [1.807, 2.05) is 20.8 Å². The van der Waals surface area contributed by atoms with Gasteiger partial charge in [0.1, 0.15) is 5.82 Å². The molecule has 7 heteroatoms. The van der Waals surface area contributed by atoms with Crippen molar-refractivity contribution in [3.05, 3.63) is 12.0 Å². The van der Waals surface area contributed by atoms with E-state index in [0.717, 1.165) is 19.4 Å². The number of rotatable bonds is 7. The fourth-order valence-electron chi connectivity index (χ4n) is 2.63. The van der Waals surface area contributed by atoms with Gasteiger partial charge in [0, 0.05) is 25.6 Å². The van der Waals surface area contributed by atoms with Gasteiger partial charge in [-0.1, -0.05) is 20.8 Å².